The van der Waals surface area contributed by atoms with Gasteiger partial charge in [-0.1, -0.05) is 42.5 Å². The standard InChI is InChI=1S/C17H21NO2/c1-13(18-12-14-8-5-4-6-9-14)15-10-7-11-16(19-2)17(15)20-3/h4-11,13,18H,12H2,1-3H3. The maximum absolute atomic E-state index is 5.48. The highest BCUT2D eigenvalue weighted by Crippen LogP contribution is 2.34. The van der Waals surface area contributed by atoms with Gasteiger partial charge in [0.2, 0.25) is 0 Å². The summed E-state index contributed by atoms with van der Waals surface area (Å²) >= 11 is 0. The van der Waals surface area contributed by atoms with Crippen LogP contribution in [0.4, 0.5) is 0 Å². The third-order valence-electron chi connectivity index (χ3n) is 3.36. The second-order valence-electron chi connectivity index (χ2n) is 4.67. The third-order valence-corrected chi connectivity index (χ3v) is 3.36. The molecule has 0 fully saturated rings. The van der Waals surface area contributed by atoms with E-state index in [4.69, 9.17) is 9.47 Å². The Morgan fingerprint density at radius 2 is 1.70 bits per heavy atom. The highest BCUT2D eigenvalue weighted by molar-refractivity contribution is 5.47. The predicted molar refractivity (Wildman–Crippen MR) is 81.2 cm³/mol. The summed E-state index contributed by atoms with van der Waals surface area (Å²) in [5.41, 5.74) is 2.36. The van der Waals surface area contributed by atoms with E-state index in [0.29, 0.717) is 0 Å². The zero-order chi connectivity index (χ0) is 14.4. The molecule has 2 aromatic rings. The van der Waals surface area contributed by atoms with Crippen LogP contribution in [-0.4, -0.2) is 14.2 Å². The molecule has 0 spiro atoms. The molecule has 2 aromatic carbocycles. The maximum Gasteiger partial charge on any atom is 0.165 e. The lowest BCUT2D eigenvalue weighted by Crippen LogP contribution is -2.18. The molecule has 1 atom stereocenters. The van der Waals surface area contributed by atoms with Crippen molar-refractivity contribution in [1.82, 2.24) is 5.32 Å². The second kappa shape index (κ2) is 6.96. The van der Waals surface area contributed by atoms with Crippen molar-refractivity contribution in [3.63, 3.8) is 0 Å². The lowest BCUT2D eigenvalue weighted by Gasteiger charge is -2.19. The van der Waals surface area contributed by atoms with Gasteiger partial charge < -0.3 is 14.8 Å². The van der Waals surface area contributed by atoms with Gasteiger partial charge in [0.15, 0.2) is 11.5 Å². The predicted octanol–water partition coefficient (Wildman–Crippen LogP) is 3.55. The fraction of sp³-hybridized carbons (Fsp3) is 0.294. The molecule has 20 heavy (non-hydrogen) atoms. The fourth-order valence-corrected chi connectivity index (χ4v) is 2.23. The van der Waals surface area contributed by atoms with Gasteiger partial charge in [0.25, 0.3) is 0 Å². The molecule has 0 aliphatic carbocycles. The number of benzene rings is 2. The van der Waals surface area contributed by atoms with Crippen molar-refractivity contribution >= 4 is 0 Å². The van der Waals surface area contributed by atoms with Gasteiger partial charge >= 0.3 is 0 Å². The summed E-state index contributed by atoms with van der Waals surface area (Å²) in [5.74, 6) is 1.56. The van der Waals surface area contributed by atoms with Gasteiger partial charge in [-0.05, 0) is 18.6 Å². The minimum absolute atomic E-state index is 0.181. The summed E-state index contributed by atoms with van der Waals surface area (Å²) in [6.45, 7) is 2.95. The van der Waals surface area contributed by atoms with Gasteiger partial charge in [0, 0.05) is 18.2 Å². The SMILES string of the molecule is COc1cccc(C(C)NCc2ccccc2)c1OC. The molecule has 0 aliphatic rings. The summed E-state index contributed by atoms with van der Waals surface area (Å²) in [6.07, 6.45) is 0. The zero-order valence-corrected chi connectivity index (χ0v) is 12.2. The van der Waals surface area contributed by atoms with Gasteiger partial charge in [0.05, 0.1) is 14.2 Å². The Balaban J connectivity index is 2.11. The Morgan fingerprint density at radius 1 is 0.950 bits per heavy atom. The number of para-hydroxylation sites is 1. The maximum atomic E-state index is 5.48. The van der Waals surface area contributed by atoms with Gasteiger partial charge in [-0.15, -0.1) is 0 Å². The summed E-state index contributed by atoms with van der Waals surface area (Å²) in [4.78, 5) is 0. The van der Waals surface area contributed by atoms with Crippen molar-refractivity contribution in [3.8, 4) is 11.5 Å². The Bertz CT molecular complexity index is 540. The highest BCUT2D eigenvalue weighted by Gasteiger charge is 2.14. The molecule has 0 bridgehead atoms. The van der Waals surface area contributed by atoms with Crippen molar-refractivity contribution in [2.24, 2.45) is 0 Å². The van der Waals surface area contributed by atoms with Crippen LogP contribution in [-0.2, 0) is 6.54 Å². The van der Waals surface area contributed by atoms with E-state index < -0.39 is 0 Å². The van der Waals surface area contributed by atoms with Crippen LogP contribution in [0.2, 0.25) is 0 Å². The molecule has 0 amide bonds. The number of rotatable bonds is 6. The van der Waals surface area contributed by atoms with E-state index in [1.807, 2.05) is 30.3 Å². The van der Waals surface area contributed by atoms with E-state index >= 15 is 0 Å². The molecule has 0 saturated heterocycles. The van der Waals surface area contributed by atoms with E-state index in [-0.39, 0.29) is 6.04 Å². The van der Waals surface area contributed by atoms with Crippen LogP contribution in [0.3, 0.4) is 0 Å². The molecule has 106 valence electrons. The molecule has 0 aliphatic heterocycles. The molecule has 0 aromatic heterocycles. The minimum atomic E-state index is 0.181. The Labute approximate surface area is 120 Å². The number of hydrogen-bond acceptors (Lipinski definition) is 3. The molecule has 0 heterocycles. The Hall–Kier alpha value is -2.00. The van der Waals surface area contributed by atoms with Crippen molar-refractivity contribution in [3.05, 3.63) is 59.7 Å². The van der Waals surface area contributed by atoms with E-state index in [2.05, 4.69) is 30.4 Å². The molecule has 2 rings (SSSR count). The van der Waals surface area contributed by atoms with Gasteiger partial charge in [-0.2, -0.15) is 0 Å². The van der Waals surface area contributed by atoms with E-state index in [9.17, 15) is 0 Å². The molecule has 1 N–H and O–H groups in total. The first kappa shape index (κ1) is 14.4. The molecule has 3 nitrogen and oxygen atoms in total. The average molecular weight is 271 g/mol. The van der Waals surface area contributed by atoms with Crippen molar-refractivity contribution in [2.45, 2.75) is 19.5 Å². The van der Waals surface area contributed by atoms with Gasteiger partial charge in [-0.3, -0.25) is 0 Å². The monoisotopic (exact) mass is 271 g/mol. The Morgan fingerprint density at radius 3 is 2.35 bits per heavy atom. The van der Waals surface area contributed by atoms with E-state index in [0.717, 1.165) is 23.6 Å². The first-order valence-corrected chi connectivity index (χ1v) is 6.74. The fourth-order valence-electron chi connectivity index (χ4n) is 2.23. The summed E-state index contributed by atoms with van der Waals surface area (Å²) in [7, 11) is 3.33. The normalized spacial score (nSPS) is 11.9. The number of nitrogens with one attached hydrogen (secondary N) is 1. The third kappa shape index (κ3) is 3.31. The van der Waals surface area contributed by atoms with Gasteiger partial charge in [-0.25, -0.2) is 0 Å². The second-order valence-corrected chi connectivity index (χ2v) is 4.67. The number of methoxy groups -OCH3 is 2. The smallest absolute Gasteiger partial charge is 0.165 e. The van der Waals surface area contributed by atoms with Crippen molar-refractivity contribution < 1.29 is 9.47 Å². The lowest BCUT2D eigenvalue weighted by molar-refractivity contribution is 0.347. The Kier molecular flexibility index (Phi) is 5.02. The molecule has 3 heteroatoms. The highest BCUT2D eigenvalue weighted by atomic mass is 16.5. The first-order chi connectivity index (χ1) is 9.76. The molecule has 0 radical (unpaired) electrons. The van der Waals surface area contributed by atoms with E-state index in [1.165, 1.54) is 5.56 Å². The van der Waals surface area contributed by atoms with Crippen LogP contribution >= 0.6 is 0 Å². The summed E-state index contributed by atoms with van der Waals surface area (Å²) in [5, 5.41) is 3.51. The van der Waals surface area contributed by atoms with Crippen LogP contribution < -0.4 is 14.8 Å². The topological polar surface area (TPSA) is 30.5 Å². The number of hydrogen-bond donors (Lipinski definition) is 1. The van der Waals surface area contributed by atoms with Crippen LogP contribution in [0.5, 0.6) is 11.5 Å². The quantitative estimate of drug-likeness (QED) is 0.871. The average Bonchev–Trinajstić information content (AvgIpc) is 2.52. The molecular weight excluding hydrogens is 250 g/mol. The summed E-state index contributed by atoms with van der Waals surface area (Å²) < 4.78 is 10.8. The van der Waals surface area contributed by atoms with Crippen molar-refractivity contribution in [2.75, 3.05) is 14.2 Å². The van der Waals surface area contributed by atoms with Crippen LogP contribution in [0.1, 0.15) is 24.1 Å². The van der Waals surface area contributed by atoms with Crippen molar-refractivity contribution in [1.29, 1.82) is 0 Å². The number of ether oxygens (including phenoxy) is 2. The van der Waals surface area contributed by atoms with Gasteiger partial charge in [0.1, 0.15) is 0 Å². The lowest BCUT2D eigenvalue weighted by atomic mass is 10.1. The zero-order valence-electron chi connectivity index (χ0n) is 12.2. The summed E-state index contributed by atoms with van der Waals surface area (Å²) in [6, 6.07) is 16.5. The molecular formula is C17H21NO2. The minimum Gasteiger partial charge on any atom is -0.493 e. The molecule has 0 saturated carbocycles. The largest absolute Gasteiger partial charge is 0.493 e. The first-order valence-electron chi connectivity index (χ1n) is 6.74. The molecule has 1 unspecified atom stereocenters. The van der Waals surface area contributed by atoms with Crippen LogP contribution in [0.25, 0.3) is 0 Å². The van der Waals surface area contributed by atoms with E-state index in [1.54, 1.807) is 14.2 Å². The van der Waals surface area contributed by atoms with Crippen LogP contribution in [0, 0.1) is 0 Å². The van der Waals surface area contributed by atoms with Crippen LogP contribution in [0.15, 0.2) is 48.5 Å².